The molecule has 0 aliphatic heterocycles. The molecule has 0 fully saturated rings. The molecule has 1 unspecified atom stereocenters. The third-order valence-electron chi connectivity index (χ3n) is 3.21. The Bertz CT molecular complexity index is 588. The summed E-state index contributed by atoms with van der Waals surface area (Å²) in [5.74, 6) is -1.65. The van der Waals surface area contributed by atoms with Crippen LogP contribution in [0.3, 0.4) is 0 Å². The number of hydrogen-bond donors (Lipinski definition) is 2. The summed E-state index contributed by atoms with van der Waals surface area (Å²) in [6.45, 7) is 0. The maximum atomic E-state index is 13.1. The Kier molecular flexibility index (Phi) is 1.80. The van der Waals surface area contributed by atoms with Crippen molar-refractivity contribution < 1.29 is 14.3 Å². The van der Waals surface area contributed by atoms with Crippen LogP contribution in [0.25, 0.3) is 10.9 Å². The average Bonchev–Trinajstić information content (AvgIpc) is 2.76. The number of rotatable bonds is 1. The summed E-state index contributed by atoms with van der Waals surface area (Å²) < 4.78 is 13.1. The third kappa shape index (κ3) is 1.16. The van der Waals surface area contributed by atoms with E-state index in [4.69, 9.17) is 5.11 Å². The molecule has 0 saturated carbocycles. The van der Waals surface area contributed by atoms with Gasteiger partial charge in [0, 0.05) is 16.6 Å². The SMILES string of the molecule is O=C(O)C1CCc2[nH]c3ccc(F)cc3c21. The van der Waals surface area contributed by atoms with Gasteiger partial charge in [0.1, 0.15) is 5.82 Å². The summed E-state index contributed by atoms with van der Waals surface area (Å²) in [4.78, 5) is 14.2. The Morgan fingerprint density at radius 2 is 2.31 bits per heavy atom. The zero-order chi connectivity index (χ0) is 11.3. The highest BCUT2D eigenvalue weighted by molar-refractivity contribution is 5.91. The van der Waals surface area contributed by atoms with Gasteiger partial charge in [0.15, 0.2) is 0 Å². The standard InChI is InChI=1S/C12H10FNO2/c13-6-1-3-9-8(5-6)11-7(12(15)16)2-4-10(11)14-9/h1,3,5,7,14H,2,4H2,(H,15,16). The van der Waals surface area contributed by atoms with Gasteiger partial charge < -0.3 is 10.1 Å². The van der Waals surface area contributed by atoms with E-state index >= 15 is 0 Å². The van der Waals surface area contributed by atoms with Gasteiger partial charge in [0.25, 0.3) is 0 Å². The highest BCUT2D eigenvalue weighted by Crippen LogP contribution is 2.38. The number of halogens is 1. The predicted molar refractivity (Wildman–Crippen MR) is 57.0 cm³/mol. The van der Waals surface area contributed by atoms with E-state index < -0.39 is 11.9 Å². The van der Waals surface area contributed by atoms with Gasteiger partial charge in [0.05, 0.1) is 5.92 Å². The molecule has 0 saturated heterocycles. The first-order chi connectivity index (χ1) is 7.66. The van der Waals surface area contributed by atoms with Gasteiger partial charge in [-0.15, -0.1) is 0 Å². The van der Waals surface area contributed by atoms with Gasteiger partial charge >= 0.3 is 5.97 Å². The number of aryl methyl sites for hydroxylation is 1. The minimum Gasteiger partial charge on any atom is -0.481 e. The molecule has 2 aromatic rings. The second kappa shape index (κ2) is 3.07. The van der Waals surface area contributed by atoms with Crippen molar-refractivity contribution in [3.8, 4) is 0 Å². The number of aromatic amines is 1. The van der Waals surface area contributed by atoms with Crippen LogP contribution >= 0.6 is 0 Å². The predicted octanol–water partition coefficient (Wildman–Crippen LogP) is 2.42. The first-order valence-electron chi connectivity index (χ1n) is 5.19. The first kappa shape index (κ1) is 9.39. The molecule has 0 bridgehead atoms. The van der Waals surface area contributed by atoms with Crippen LogP contribution < -0.4 is 0 Å². The molecule has 1 atom stereocenters. The number of H-pyrrole nitrogens is 1. The van der Waals surface area contributed by atoms with Gasteiger partial charge in [-0.1, -0.05) is 0 Å². The lowest BCUT2D eigenvalue weighted by Crippen LogP contribution is -2.07. The molecule has 1 aromatic carbocycles. The van der Waals surface area contributed by atoms with E-state index in [1.807, 2.05) is 0 Å². The van der Waals surface area contributed by atoms with Gasteiger partial charge in [-0.3, -0.25) is 4.79 Å². The van der Waals surface area contributed by atoms with Gasteiger partial charge in [-0.05, 0) is 36.6 Å². The van der Waals surface area contributed by atoms with Crippen LogP contribution in [-0.4, -0.2) is 16.1 Å². The summed E-state index contributed by atoms with van der Waals surface area (Å²) in [6.07, 6.45) is 1.32. The van der Waals surface area contributed by atoms with Gasteiger partial charge in [0.2, 0.25) is 0 Å². The number of aromatic nitrogens is 1. The van der Waals surface area contributed by atoms with Gasteiger partial charge in [-0.25, -0.2) is 4.39 Å². The summed E-state index contributed by atoms with van der Waals surface area (Å²) in [5.41, 5.74) is 2.52. The third-order valence-corrected chi connectivity index (χ3v) is 3.21. The summed E-state index contributed by atoms with van der Waals surface area (Å²) in [6, 6.07) is 4.44. The summed E-state index contributed by atoms with van der Waals surface area (Å²) >= 11 is 0. The number of benzene rings is 1. The zero-order valence-corrected chi connectivity index (χ0v) is 8.46. The number of carboxylic acids is 1. The van der Waals surface area contributed by atoms with E-state index in [0.29, 0.717) is 11.8 Å². The summed E-state index contributed by atoms with van der Waals surface area (Å²) in [7, 11) is 0. The Balaban J connectivity index is 2.29. The lowest BCUT2D eigenvalue weighted by Gasteiger charge is -2.04. The van der Waals surface area contributed by atoms with Crippen LogP contribution in [0.2, 0.25) is 0 Å². The second-order valence-corrected chi connectivity index (χ2v) is 4.14. The molecule has 3 rings (SSSR count). The van der Waals surface area contributed by atoms with E-state index in [2.05, 4.69) is 4.98 Å². The molecule has 0 amide bonds. The van der Waals surface area contributed by atoms with Crippen LogP contribution in [0.4, 0.5) is 4.39 Å². The molecule has 4 heteroatoms. The molecule has 0 spiro atoms. The molecule has 1 aliphatic carbocycles. The van der Waals surface area contributed by atoms with Crippen molar-refractivity contribution in [3.05, 3.63) is 35.3 Å². The highest BCUT2D eigenvalue weighted by atomic mass is 19.1. The van der Waals surface area contributed by atoms with Gasteiger partial charge in [-0.2, -0.15) is 0 Å². The van der Waals surface area contributed by atoms with Crippen molar-refractivity contribution in [3.63, 3.8) is 0 Å². The average molecular weight is 219 g/mol. The van der Waals surface area contributed by atoms with E-state index in [0.717, 1.165) is 23.2 Å². The molecule has 1 aliphatic rings. The van der Waals surface area contributed by atoms with Crippen molar-refractivity contribution in [2.24, 2.45) is 0 Å². The van der Waals surface area contributed by atoms with Crippen LogP contribution in [0, 0.1) is 5.82 Å². The second-order valence-electron chi connectivity index (χ2n) is 4.14. The van der Waals surface area contributed by atoms with E-state index in [9.17, 15) is 9.18 Å². The fourth-order valence-electron chi connectivity index (χ4n) is 2.52. The molecule has 0 radical (unpaired) electrons. The van der Waals surface area contributed by atoms with Crippen molar-refractivity contribution in [2.45, 2.75) is 18.8 Å². The van der Waals surface area contributed by atoms with Crippen LogP contribution in [-0.2, 0) is 11.2 Å². The fourth-order valence-corrected chi connectivity index (χ4v) is 2.52. The van der Waals surface area contributed by atoms with Crippen LogP contribution in [0.15, 0.2) is 18.2 Å². The van der Waals surface area contributed by atoms with Crippen LogP contribution in [0.1, 0.15) is 23.6 Å². The van der Waals surface area contributed by atoms with Crippen LogP contribution in [0.5, 0.6) is 0 Å². The Morgan fingerprint density at radius 1 is 1.50 bits per heavy atom. The zero-order valence-electron chi connectivity index (χ0n) is 8.46. The number of carbonyl (C=O) groups is 1. The molecule has 16 heavy (non-hydrogen) atoms. The molecule has 3 nitrogen and oxygen atoms in total. The highest BCUT2D eigenvalue weighted by Gasteiger charge is 2.31. The fraction of sp³-hybridized carbons (Fsp3) is 0.250. The topological polar surface area (TPSA) is 53.1 Å². The number of aliphatic carboxylic acids is 1. The molecular weight excluding hydrogens is 209 g/mol. The maximum absolute atomic E-state index is 13.1. The minimum atomic E-state index is -0.830. The van der Waals surface area contributed by atoms with E-state index in [-0.39, 0.29) is 5.82 Å². The first-order valence-corrected chi connectivity index (χ1v) is 5.19. The van der Waals surface area contributed by atoms with Crippen molar-refractivity contribution in [2.75, 3.05) is 0 Å². The Labute approximate surface area is 90.9 Å². The van der Waals surface area contributed by atoms with Crippen molar-refractivity contribution in [1.29, 1.82) is 0 Å². The summed E-state index contributed by atoms with van der Waals surface area (Å²) in [5, 5.41) is 9.81. The van der Waals surface area contributed by atoms with Crippen molar-refractivity contribution >= 4 is 16.9 Å². The molecule has 82 valence electrons. The molecule has 1 aromatic heterocycles. The number of fused-ring (bicyclic) bond motifs is 3. The normalized spacial score (nSPS) is 18.9. The molecule has 2 N–H and O–H groups in total. The molecule has 1 heterocycles. The van der Waals surface area contributed by atoms with E-state index in [1.165, 1.54) is 12.1 Å². The maximum Gasteiger partial charge on any atom is 0.311 e. The number of nitrogens with one attached hydrogen (secondary N) is 1. The Morgan fingerprint density at radius 3 is 3.06 bits per heavy atom. The lowest BCUT2D eigenvalue weighted by atomic mass is 10.0. The lowest BCUT2D eigenvalue weighted by molar-refractivity contribution is -0.138. The van der Waals surface area contributed by atoms with Crippen molar-refractivity contribution in [1.82, 2.24) is 4.98 Å². The Hall–Kier alpha value is -1.84. The largest absolute Gasteiger partial charge is 0.481 e. The van der Waals surface area contributed by atoms with E-state index in [1.54, 1.807) is 6.07 Å². The number of carboxylic acid groups (broad SMARTS) is 1. The molecular formula is C12H10FNO2. The number of hydrogen-bond acceptors (Lipinski definition) is 1. The quantitative estimate of drug-likeness (QED) is 0.773. The minimum absolute atomic E-state index is 0.328. The monoisotopic (exact) mass is 219 g/mol. The smallest absolute Gasteiger partial charge is 0.311 e.